The van der Waals surface area contributed by atoms with E-state index in [1.54, 1.807) is 19.2 Å². The van der Waals surface area contributed by atoms with Gasteiger partial charge in [-0.1, -0.05) is 6.07 Å². The number of aromatic carboxylic acids is 1. The van der Waals surface area contributed by atoms with E-state index in [0.29, 0.717) is 25.3 Å². The van der Waals surface area contributed by atoms with Crippen molar-refractivity contribution in [3.8, 4) is 0 Å². The highest BCUT2D eigenvalue weighted by Crippen LogP contribution is 2.22. The minimum absolute atomic E-state index is 0.0745. The van der Waals surface area contributed by atoms with Gasteiger partial charge in [-0.15, -0.1) is 0 Å². The van der Waals surface area contributed by atoms with E-state index < -0.39 is 12.0 Å². The topological polar surface area (TPSA) is 87.2 Å². The fourth-order valence-electron chi connectivity index (χ4n) is 2.14. The molecule has 0 aliphatic carbocycles. The molecule has 0 saturated carbocycles. The van der Waals surface area contributed by atoms with Crippen LogP contribution in [0.4, 0.5) is 10.5 Å². The van der Waals surface area contributed by atoms with Gasteiger partial charge in [0.05, 0.1) is 5.56 Å². The highest BCUT2D eigenvalue weighted by molar-refractivity contribution is 6.12. The molecular weight excluding hydrogens is 276 g/mol. The molecule has 112 valence electrons. The van der Waals surface area contributed by atoms with Gasteiger partial charge in [-0.2, -0.15) is 0 Å². The molecule has 0 spiro atoms. The molecule has 0 unspecified atom stereocenters. The number of carboxylic acid groups (broad SMARTS) is 1. The molecule has 3 amide bonds. The van der Waals surface area contributed by atoms with Crippen LogP contribution in [0.1, 0.15) is 16.8 Å². The average molecular weight is 292 g/mol. The predicted octanol–water partition coefficient (Wildman–Crippen LogP) is 1.19. The molecule has 1 aliphatic rings. The van der Waals surface area contributed by atoms with Crippen molar-refractivity contribution in [3.05, 3.63) is 29.8 Å². The molecule has 2 rings (SSSR count). The number of imide groups is 1. The first-order valence-electron chi connectivity index (χ1n) is 6.48. The van der Waals surface area contributed by atoms with Gasteiger partial charge in [-0.25, -0.2) is 9.59 Å². The summed E-state index contributed by atoms with van der Waals surface area (Å²) >= 11 is 0. The Labute approximate surface area is 121 Å². The third-order valence-corrected chi connectivity index (χ3v) is 3.19. The minimum Gasteiger partial charge on any atom is -0.478 e. The maximum atomic E-state index is 12.2. The number of carboxylic acids is 1. The average Bonchev–Trinajstić information content (AvgIpc) is 2.75. The maximum Gasteiger partial charge on any atom is 0.335 e. The number of benzene rings is 1. The summed E-state index contributed by atoms with van der Waals surface area (Å²) in [6, 6.07) is 5.54. The molecular formula is C14H16N2O5. The third-order valence-electron chi connectivity index (χ3n) is 3.19. The normalized spacial score (nSPS) is 14.9. The summed E-state index contributed by atoms with van der Waals surface area (Å²) in [6.45, 7) is 0.682. The molecule has 0 aromatic heterocycles. The first-order chi connectivity index (χ1) is 10.0. The summed E-state index contributed by atoms with van der Waals surface area (Å²) in [4.78, 5) is 37.5. The van der Waals surface area contributed by atoms with Crippen LogP contribution in [0, 0.1) is 0 Å². The van der Waals surface area contributed by atoms with Crippen LogP contribution in [-0.4, -0.2) is 54.7 Å². The Morgan fingerprint density at radius 3 is 2.81 bits per heavy atom. The number of ether oxygens (including phenoxy) is 1. The zero-order chi connectivity index (χ0) is 15.4. The van der Waals surface area contributed by atoms with Crippen molar-refractivity contribution in [2.45, 2.75) is 6.42 Å². The van der Waals surface area contributed by atoms with E-state index in [0.717, 1.165) is 4.90 Å². The molecule has 1 aliphatic heterocycles. The van der Waals surface area contributed by atoms with E-state index in [4.69, 9.17) is 9.84 Å². The molecule has 0 radical (unpaired) electrons. The lowest BCUT2D eigenvalue weighted by Gasteiger charge is -2.17. The summed E-state index contributed by atoms with van der Waals surface area (Å²) in [5.74, 6) is -1.37. The molecule has 7 nitrogen and oxygen atoms in total. The van der Waals surface area contributed by atoms with Crippen LogP contribution in [0.5, 0.6) is 0 Å². The van der Waals surface area contributed by atoms with E-state index in [-0.39, 0.29) is 18.0 Å². The summed E-state index contributed by atoms with van der Waals surface area (Å²) in [7, 11) is 1.55. The van der Waals surface area contributed by atoms with Crippen LogP contribution < -0.4 is 4.90 Å². The largest absolute Gasteiger partial charge is 0.478 e. The molecule has 21 heavy (non-hydrogen) atoms. The Hall–Kier alpha value is -2.41. The van der Waals surface area contributed by atoms with Gasteiger partial charge < -0.3 is 9.84 Å². The van der Waals surface area contributed by atoms with Crippen molar-refractivity contribution < 1.29 is 24.2 Å². The smallest absolute Gasteiger partial charge is 0.335 e. The van der Waals surface area contributed by atoms with Gasteiger partial charge in [0.15, 0.2) is 0 Å². The number of carbonyl (C=O) groups excluding carboxylic acids is 2. The van der Waals surface area contributed by atoms with Gasteiger partial charge in [0, 0.05) is 25.9 Å². The quantitative estimate of drug-likeness (QED) is 0.628. The number of carbonyl (C=O) groups is 3. The molecule has 0 atom stereocenters. The van der Waals surface area contributed by atoms with Crippen molar-refractivity contribution in [1.29, 1.82) is 0 Å². The Morgan fingerprint density at radius 2 is 2.14 bits per heavy atom. The van der Waals surface area contributed by atoms with E-state index >= 15 is 0 Å². The fourth-order valence-corrected chi connectivity index (χ4v) is 2.14. The van der Waals surface area contributed by atoms with Gasteiger partial charge in [-0.05, 0) is 24.6 Å². The van der Waals surface area contributed by atoms with Crippen LogP contribution in [0.3, 0.4) is 0 Å². The van der Waals surface area contributed by atoms with Gasteiger partial charge in [-0.3, -0.25) is 14.6 Å². The standard InChI is InChI=1S/C14H16N2O5/c1-21-7-3-6-15-12(17)9-16(14(15)20)11-5-2-4-10(8-11)13(18)19/h2,4-5,8H,3,6-7,9H2,1H3,(H,18,19). The van der Waals surface area contributed by atoms with Gasteiger partial charge in [0.1, 0.15) is 6.54 Å². The van der Waals surface area contributed by atoms with Crippen molar-refractivity contribution in [3.63, 3.8) is 0 Å². The number of hydrogen-bond acceptors (Lipinski definition) is 4. The SMILES string of the molecule is COCCCN1C(=O)CN(c2cccc(C(=O)O)c2)C1=O. The summed E-state index contributed by atoms with van der Waals surface area (Å²) in [5, 5.41) is 8.97. The highest BCUT2D eigenvalue weighted by Gasteiger charge is 2.36. The number of methoxy groups -OCH3 is 1. The number of hydrogen-bond donors (Lipinski definition) is 1. The van der Waals surface area contributed by atoms with Crippen LogP contribution in [0.25, 0.3) is 0 Å². The van der Waals surface area contributed by atoms with Crippen molar-refractivity contribution >= 4 is 23.6 Å². The second kappa shape index (κ2) is 6.36. The molecule has 0 bridgehead atoms. The highest BCUT2D eigenvalue weighted by atomic mass is 16.5. The molecule has 7 heteroatoms. The summed E-state index contributed by atoms with van der Waals surface area (Å²) in [5.41, 5.74) is 0.480. The first kappa shape index (κ1) is 15.0. The summed E-state index contributed by atoms with van der Waals surface area (Å²) < 4.78 is 4.90. The Morgan fingerprint density at radius 1 is 1.38 bits per heavy atom. The Bertz CT molecular complexity index is 572. The van der Waals surface area contributed by atoms with Crippen LogP contribution in [-0.2, 0) is 9.53 Å². The third kappa shape index (κ3) is 3.19. The maximum absolute atomic E-state index is 12.2. The Kier molecular flexibility index (Phi) is 4.54. The molecule has 1 fully saturated rings. The van der Waals surface area contributed by atoms with Gasteiger partial charge >= 0.3 is 12.0 Å². The van der Waals surface area contributed by atoms with Crippen LogP contribution in [0.2, 0.25) is 0 Å². The number of rotatable bonds is 6. The second-order valence-corrected chi connectivity index (χ2v) is 4.62. The molecule has 1 saturated heterocycles. The van der Waals surface area contributed by atoms with Crippen molar-refractivity contribution in [2.24, 2.45) is 0 Å². The van der Waals surface area contributed by atoms with Gasteiger partial charge in [0.2, 0.25) is 0 Å². The molecule has 1 heterocycles. The zero-order valence-electron chi connectivity index (χ0n) is 11.6. The minimum atomic E-state index is -1.08. The monoisotopic (exact) mass is 292 g/mol. The first-order valence-corrected chi connectivity index (χ1v) is 6.48. The number of nitrogens with zero attached hydrogens (tertiary/aromatic N) is 2. The summed E-state index contributed by atoms with van der Waals surface area (Å²) in [6.07, 6.45) is 0.566. The van der Waals surface area contributed by atoms with E-state index in [1.807, 2.05) is 0 Å². The van der Waals surface area contributed by atoms with Crippen LogP contribution in [0.15, 0.2) is 24.3 Å². The zero-order valence-corrected chi connectivity index (χ0v) is 11.6. The lowest BCUT2D eigenvalue weighted by Crippen LogP contribution is -2.34. The van der Waals surface area contributed by atoms with E-state index in [1.165, 1.54) is 17.0 Å². The predicted molar refractivity (Wildman–Crippen MR) is 74.3 cm³/mol. The molecule has 1 aromatic rings. The van der Waals surface area contributed by atoms with Crippen molar-refractivity contribution in [1.82, 2.24) is 4.90 Å². The Balaban J connectivity index is 2.15. The lowest BCUT2D eigenvalue weighted by atomic mass is 10.2. The number of amides is 3. The van der Waals surface area contributed by atoms with E-state index in [9.17, 15) is 14.4 Å². The number of urea groups is 1. The molecule has 1 N–H and O–H groups in total. The van der Waals surface area contributed by atoms with Crippen molar-refractivity contribution in [2.75, 3.05) is 31.7 Å². The van der Waals surface area contributed by atoms with E-state index in [2.05, 4.69) is 0 Å². The number of anilines is 1. The fraction of sp³-hybridized carbons (Fsp3) is 0.357. The van der Waals surface area contributed by atoms with Gasteiger partial charge in [0.25, 0.3) is 5.91 Å². The van der Waals surface area contributed by atoms with Crippen LogP contribution >= 0.6 is 0 Å². The second-order valence-electron chi connectivity index (χ2n) is 4.62. The lowest BCUT2D eigenvalue weighted by molar-refractivity contribution is -0.125. The molecule has 1 aromatic carbocycles.